The third-order valence-electron chi connectivity index (χ3n) is 1.86. The number of amides is 1. The summed E-state index contributed by atoms with van der Waals surface area (Å²) in [4.78, 5) is 30.6. The van der Waals surface area contributed by atoms with Crippen LogP contribution in [-0.2, 0) is 23.9 Å². The van der Waals surface area contributed by atoms with Crippen molar-refractivity contribution in [3.63, 3.8) is 0 Å². The normalized spacial score (nSPS) is 9.65. The van der Waals surface area contributed by atoms with Crippen LogP contribution in [0.3, 0.4) is 0 Å². The van der Waals surface area contributed by atoms with Crippen molar-refractivity contribution in [3.05, 3.63) is 36.5 Å². The van der Waals surface area contributed by atoms with Gasteiger partial charge in [0.05, 0.1) is 7.11 Å². The van der Waals surface area contributed by atoms with Crippen molar-refractivity contribution < 1.29 is 28.2 Å². The Balaban J connectivity index is -0.000000272. The number of rotatable bonds is 5. The summed E-state index contributed by atoms with van der Waals surface area (Å²) < 4.78 is 20.8. The van der Waals surface area contributed by atoms with Crippen LogP contribution in [0.15, 0.2) is 36.5 Å². The van der Waals surface area contributed by atoms with Gasteiger partial charge in [0, 0.05) is 23.1 Å². The molecule has 0 aromatic rings. The molecule has 0 radical (unpaired) electrons. The van der Waals surface area contributed by atoms with Crippen LogP contribution in [0.4, 0.5) is 4.39 Å². The van der Waals surface area contributed by atoms with E-state index >= 15 is 0 Å². The Labute approximate surface area is 136 Å². The predicted octanol–water partition coefficient (Wildman–Crippen LogP) is 2.59. The van der Waals surface area contributed by atoms with Crippen molar-refractivity contribution in [3.8, 4) is 0 Å². The van der Waals surface area contributed by atoms with Gasteiger partial charge in [0.2, 0.25) is 12.3 Å². The molecule has 23 heavy (non-hydrogen) atoms. The van der Waals surface area contributed by atoms with Gasteiger partial charge in [-0.05, 0) is 20.8 Å². The van der Waals surface area contributed by atoms with E-state index in [2.05, 4.69) is 29.2 Å². The minimum Gasteiger partial charge on any atom is -0.466 e. The molecule has 0 heterocycles. The molecule has 1 unspecified atom stereocenters. The van der Waals surface area contributed by atoms with Crippen LogP contribution in [-0.4, -0.2) is 31.3 Å². The van der Waals surface area contributed by atoms with E-state index in [1.165, 1.54) is 14.0 Å². The van der Waals surface area contributed by atoms with Gasteiger partial charge in [-0.2, -0.15) is 0 Å². The maximum Gasteiger partial charge on any atom is 0.335 e. The van der Waals surface area contributed by atoms with Gasteiger partial charge >= 0.3 is 11.9 Å². The first-order valence-corrected chi connectivity index (χ1v) is 6.60. The molecular weight excluding hydrogens is 305 g/mol. The molecule has 0 spiro atoms. The number of hydrogen-bond donors (Lipinski definition) is 1. The van der Waals surface area contributed by atoms with Crippen LogP contribution >= 0.6 is 0 Å². The summed E-state index contributed by atoms with van der Waals surface area (Å²) in [6, 6.07) is 0. The van der Waals surface area contributed by atoms with E-state index < -0.39 is 18.2 Å². The van der Waals surface area contributed by atoms with Gasteiger partial charge < -0.3 is 15.2 Å². The molecule has 0 aliphatic heterocycles. The molecule has 0 aromatic heterocycles. The molecule has 0 aliphatic rings. The summed E-state index contributed by atoms with van der Waals surface area (Å²) in [6.45, 7) is 16.2. The van der Waals surface area contributed by atoms with Crippen LogP contribution in [0, 0.1) is 0 Å². The largest absolute Gasteiger partial charge is 0.466 e. The second kappa shape index (κ2) is 14.5. The SMILES string of the molecule is C=C(C)C(=O)OC.C=C(C)C(=O)OC(F)CC.C=C(C)C(N)=O. The van der Waals surface area contributed by atoms with Crippen LogP contribution in [0.5, 0.6) is 0 Å². The summed E-state index contributed by atoms with van der Waals surface area (Å²) in [6.07, 6.45) is -1.32. The minimum atomic E-state index is -1.50. The Kier molecular flexibility index (Phi) is 16.1. The molecular formula is C16H26FNO5. The van der Waals surface area contributed by atoms with Crippen LogP contribution in [0.25, 0.3) is 0 Å². The van der Waals surface area contributed by atoms with E-state index in [4.69, 9.17) is 5.73 Å². The average Bonchev–Trinajstić information content (AvgIpc) is 2.46. The van der Waals surface area contributed by atoms with Crippen molar-refractivity contribution in [2.75, 3.05) is 7.11 Å². The van der Waals surface area contributed by atoms with Crippen molar-refractivity contribution in [2.45, 2.75) is 40.5 Å². The van der Waals surface area contributed by atoms with E-state index in [1.807, 2.05) is 0 Å². The van der Waals surface area contributed by atoms with Gasteiger partial charge in [0.1, 0.15) is 0 Å². The number of nitrogens with two attached hydrogens (primary N) is 1. The lowest BCUT2D eigenvalue weighted by molar-refractivity contribution is -0.152. The zero-order chi connectivity index (χ0) is 19.2. The van der Waals surface area contributed by atoms with Crippen LogP contribution in [0.1, 0.15) is 34.1 Å². The quantitative estimate of drug-likeness (QED) is 0.617. The molecule has 0 bridgehead atoms. The van der Waals surface area contributed by atoms with E-state index in [9.17, 15) is 18.8 Å². The highest BCUT2D eigenvalue weighted by Gasteiger charge is 2.09. The number of esters is 2. The van der Waals surface area contributed by atoms with Gasteiger partial charge in [-0.3, -0.25) is 4.79 Å². The van der Waals surface area contributed by atoms with Crippen molar-refractivity contribution in [1.82, 2.24) is 0 Å². The third-order valence-corrected chi connectivity index (χ3v) is 1.86. The fraction of sp³-hybridized carbons (Fsp3) is 0.438. The standard InChI is InChI=1S/C7H11FO2.C5H8O2.C4H7NO/c1-4-6(8)10-7(9)5(2)3;1-4(2)5(6)7-3;1-3(2)4(5)6/h6H,2,4H2,1,3H3;1H2,2-3H3;1H2,2H3,(H2,5,6). The number of methoxy groups -OCH3 is 1. The number of ether oxygens (including phenoxy) is 2. The Bertz CT molecular complexity index is 445. The number of hydrogen-bond acceptors (Lipinski definition) is 5. The Morgan fingerprint density at radius 2 is 1.35 bits per heavy atom. The molecule has 0 fully saturated rings. The second-order valence-electron chi connectivity index (χ2n) is 4.42. The highest BCUT2D eigenvalue weighted by atomic mass is 19.1. The number of primary amides is 1. The molecule has 0 rings (SSSR count). The average molecular weight is 331 g/mol. The zero-order valence-corrected chi connectivity index (χ0v) is 14.4. The van der Waals surface area contributed by atoms with Gasteiger partial charge in [0.25, 0.3) is 0 Å². The first-order chi connectivity index (χ1) is 10.4. The first kappa shape index (κ1) is 25.5. The molecule has 132 valence electrons. The van der Waals surface area contributed by atoms with Crippen molar-refractivity contribution >= 4 is 17.8 Å². The molecule has 1 atom stereocenters. The summed E-state index contributed by atoms with van der Waals surface area (Å²) >= 11 is 0. The van der Waals surface area contributed by atoms with Crippen LogP contribution < -0.4 is 5.73 Å². The summed E-state index contributed by atoms with van der Waals surface area (Å²) in [7, 11) is 1.33. The van der Waals surface area contributed by atoms with Gasteiger partial charge in [0.15, 0.2) is 0 Å². The number of halogens is 1. The Morgan fingerprint density at radius 3 is 1.48 bits per heavy atom. The maximum absolute atomic E-state index is 12.3. The Hall–Kier alpha value is -2.44. The third kappa shape index (κ3) is 19.6. The number of carbonyl (C=O) groups is 3. The van der Waals surface area contributed by atoms with E-state index in [1.54, 1.807) is 20.8 Å². The molecule has 7 heteroatoms. The van der Waals surface area contributed by atoms with Gasteiger partial charge in [-0.1, -0.05) is 26.7 Å². The van der Waals surface area contributed by atoms with Crippen LogP contribution in [0.2, 0.25) is 0 Å². The van der Waals surface area contributed by atoms with E-state index in [0.717, 1.165) is 0 Å². The number of carbonyl (C=O) groups excluding carboxylic acids is 3. The molecule has 0 saturated carbocycles. The van der Waals surface area contributed by atoms with Gasteiger partial charge in [-0.25, -0.2) is 14.0 Å². The van der Waals surface area contributed by atoms with Crippen molar-refractivity contribution in [1.29, 1.82) is 0 Å². The smallest absolute Gasteiger partial charge is 0.335 e. The topological polar surface area (TPSA) is 95.7 Å². The molecule has 0 aromatic carbocycles. The lowest BCUT2D eigenvalue weighted by Crippen LogP contribution is -2.12. The minimum absolute atomic E-state index is 0.180. The first-order valence-electron chi connectivity index (χ1n) is 6.60. The highest BCUT2D eigenvalue weighted by molar-refractivity contribution is 5.90. The fourth-order valence-electron chi connectivity index (χ4n) is 0.474. The van der Waals surface area contributed by atoms with Gasteiger partial charge in [-0.15, -0.1) is 0 Å². The summed E-state index contributed by atoms with van der Waals surface area (Å²) in [5.41, 5.74) is 5.75. The molecule has 0 saturated heterocycles. The Morgan fingerprint density at radius 1 is 1.00 bits per heavy atom. The lowest BCUT2D eigenvalue weighted by Gasteiger charge is -2.05. The molecule has 1 amide bonds. The highest BCUT2D eigenvalue weighted by Crippen LogP contribution is 2.02. The molecule has 0 aliphatic carbocycles. The predicted molar refractivity (Wildman–Crippen MR) is 86.9 cm³/mol. The maximum atomic E-state index is 12.3. The number of alkyl halides is 1. The summed E-state index contributed by atoms with van der Waals surface area (Å²) in [5.74, 6) is -1.45. The fourth-order valence-corrected chi connectivity index (χ4v) is 0.474. The molecule has 2 N–H and O–H groups in total. The monoisotopic (exact) mass is 331 g/mol. The zero-order valence-electron chi connectivity index (χ0n) is 14.4. The summed E-state index contributed by atoms with van der Waals surface area (Å²) in [5, 5.41) is 0. The lowest BCUT2D eigenvalue weighted by atomic mass is 10.3. The van der Waals surface area contributed by atoms with E-state index in [0.29, 0.717) is 11.1 Å². The van der Waals surface area contributed by atoms with E-state index in [-0.39, 0.29) is 18.0 Å². The van der Waals surface area contributed by atoms with Crippen molar-refractivity contribution in [2.24, 2.45) is 5.73 Å². The second-order valence-corrected chi connectivity index (χ2v) is 4.42. The molecule has 6 nitrogen and oxygen atoms in total.